The van der Waals surface area contributed by atoms with Gasteiger partial charge in [-0.2, -0.15) is 0 Å². The molecule has 0 aliphatic heterocycles. The molecular formula is C9H8N2O. The number of fused-ring (bicyclic) bond motifs is 1. The zero-order chi connectivity index (χ0) is 8.55. The highest BCUT2D eigenvalue weighted by Gasteiger charge is 1.99. The van der Waals surface area contributed by atoms with Crippen molar-refractivity contribution in [2.24, 2.45) is 7.05 Å². The van der Waals surface area contributed by atoms with Gasteiger partial charge in [0, 0.05) is 7.05 Å². The fraction of sp³-hybridized carbons (Fsp3) is 0.111. The number of rotatable bonds is 0. The van der Waals surface area contributed by atoms with Gasteiger partial charge in [-0.25, -0.2) is 4.98 Å². The third-order valence-electron chi connectivity index (χ3n) is 1.81. The Morgan fingerprint density at radius 1 is 1.33 bits per heavy atom. The van der Waals surface area contributed by atoms with Crippen molar-refractivity contribution in [3.8, 4) is 0 Å². The fourth-order valence-electron chi connectivity index (χ4n) is 1.24. The zero-order valence-electron chi connectivity index (χ0n) is 6.69. The first-order valence-electron chi connectivity index (χ1n) is 3.69. The molecule has 2 aromatic rings. The third-order valence-corrected chi connectivity index (χ3v) is 1.81. The summed E-state index contributed by atoms with van der Waals surface area (Å²) in [6.07, 6.45) is 1.64. The van der Waals surface area contributed by atoms with Crippen LogP contribution in [0.3, 0.4) is 0 Å². The van der Waals surface area contributed by atoms with E-state index in [0.29, 0.717) is 5.52 Å². The van der Waals surface area contributed by atoms with Crippen molar-refractivity contribution in [3.63, 3.8) is 0 Å². The number of hydrogen-bond donors (Lipinski definition) is 0. The third kappa shape index (κ3) is 0.906. The molecule has 60 valence electrons. The normalized spacial score (nSPS) is 10.4. The molecule has 0 aliphatic carbocycles. The van der Waals surface area contributed by atoms with E-state index < -0.39 is 0 Å². The average Bonchev–Trinajstić information content (AvgIpc) is 2.29. The van der Waals surface area contributed by atoms with E-state index in [4.69, 9.17) is 0 Å². The predicted octanol–water partition coefficient (Wildman–Crippen LogP) is 0.933. The van der Waals surface area contributed by atoms with Crippen molar-refractivity contribution >= 4 is 11.0 Å². The maximum atomic E-state index is 11.4. The van der Waals surface area contributed by atoms with Crippen LogP contribution in [0.25, 0.3) is 11.0 Å². The second-order valence-corrected chi connectivity index (χ2v) is 2.67. The van der Waals surface area contributed by atoms with Gasteiger partial charge in [0.15, 0.2) is 0 Å². The predicted molar refractivity (Wildman–Crippen MR) is 47.0 cm³/mol. The Kier molecular flexibility index (Phi) is 1.43. The van der Waals surface area contributed by atoms with Gasteiger partial charge in [-0.1, -0.05) is 12.1 Å². The molecule has 0 spiro atoms. The Morgan fingerprint density at radius 3 is 2.92 bits per heavy atom. The molecule has 0 atom stereocenters. The van der Waals surface area contributed by atoms with Crippen LogP contribution in [0.1, 0.15) is 0 Å². The highest BCUT2D eigenvalue weighted by molar-refractivity contribution is 5.73. The van der Waals surface area contributed by atoms with Gasteiger partial charge in [-0.15, -0.1) is 0 Å². The quantitative estimate of drug-likeness (QED) is 0.574. The SMILES string of the molecule is Cn1cnc2ccccc(=O)c21. The largest absolute Gasteiger partial charge is 0.331 e. The molecule has 0 unspecified atom stereocenters. The minimum Gasteiger partial charge on any atom is -0.331 e. The Hall–Kier alpha value is -1.64. The lowest BCUT2D eigenvalue weighted by molar-refractivity contribution is 0.944. The second-order valence-electron chi connectivity index (χ2n) is 2.67. The van der Waals surface area contributed by atoms with E-state index in [-0.39, 0.29) is 5.43 Å². The van der Waals surface area contributed by atoms with Crippen LogP contribution < -0.4 is 5.43 Å². The molecule has 1 aromatic heterocycles. The number of aryl methyl sites for hydroxylation is 1. The lowest BCUT2D eigenvalue weighted by Crippen LogP contribution is -1.99. The molecule has 3 heteroatoms. The lowest BCUT2D eigenvalue weighted by Gasteiger charge is -1.85. The van der Waals surface area contributed by atoms with Gasteiger partial charge < -0.3 is 4.57 Å². The maximum Gasteiger partial charge on any atom is 0.204 e. The van der Waals surface area contributed by atoms with E-state index >= 15 is 0 Å². The average molecular weight is 160 g/mol. The van der Waals surface area contributed by atoms with Gasteiger partial charge in [0.05, 0.1) is 11.8 Å². The topological polar surface area (TPSA) is 34.9 Å². The molecule has 1 aromatic carbocycles. The molecule has 0 amide bonds. The number of nitrogens with zero attached hydrogens (tertiary/aromatic N) is 2. The summed E-state index contributed by atoms with van der Waals surface area (Å²) >= 11 is 0. The van der Waals surface area contributed by atoms with Crippen molar-refractivity contribution < 1.29 is 0 Å². The van der Waals surface area contributed by atoms with E-state index in [0.717, 1.165) is 5.52 Å². The molecule has 1 heterocycles. The standard InChI is InChI=1S/C9H8N2O/c1-11-6-10-7-4-2-3-5-8(12)9(7)11/h2-6H,1H3. The smallest absolute Gasteiger partial charge is 0.204 e. The number of hydrogen-bond acceptors (Lipinski definition) is 2. The summed E-state index contributed by atoms with van der Waals surface area (Å²) in [6, 6.07) is 6.92. The molecular weight excluding hydrogens is 152 g/mol. The van der Waals surface area contributed by atoms with Crippen molar-refractivity contribution in [3.05, 3.63) is 40.8 Å². The summed E-state index contributed by atoms with van der Waals surface area (Å²) in [4.78, 5) is 15.5. The Labute approximate surface area is 69.3 Å². The van der Waals surface area contributed by atoms with Crippen LogP contribution >= 0.6 is 0 Å². The summed E-state index contributed by atoms with van der Waals surface area (Å²) < 4.78 is 1.73. The van der Waals surface area contributed by atoms with Gasteiger partial charge in [-0.05, 0) is 12.1 Å². The first kappa shape index (κ1) is 7.03. The van der Waals surface area contributed by atoms with Crippen molar-refractivity contribution in [2.75, 3.05) is 0 Å². The van der Waals surface area contributed by atoms with Gasteiger partial charge in [-0.3, -0.25) is 4.79 Å². The van der Waals surface area contributed by atoms with E-state index in [1.165, 1.54) is 0 Å². The van der Waals surface area contributed by atoms with Crippen LogP contribution in [0.15, 0.2) is 35.4 Å². The molecule has 0 saturated heterocycles. The highest BCUT2D eigenvalue weighted by atomic mass is 16.1. The van der Waals surface area contributed by atoms with Crippen molar-refractivity contribution in [1.29, 1.82) is 0 Å². The molecule has 0 aliphatic rings. The highest BCUT2D eigenvalue weighted by Crippen LogP contribution is 2.03. The molecule has 0 bridgehead atoms. The van der Waals surface area contributed by atoms with Gasteiger partial charge in [0.2, 0.25) is 5.43 Å². The Morgan fingerprint density at radius 2 is 2.08 bits per heavy atom. The molecule has 12 heavy (non-hydrogen) atoms. The fourth-order valence-corrected chi connectivity index (χ4v) is 1.24. The molecule has 3 nitrogen and oxygen atoms in total. The second kappa shape index (κ2) is 2.44. The van der Waals surface area contributed by atoms with E-state index in [1.54, 1.807) is 23.0 Å². The van der Waals surface area contributed by atoms with Crippen LogP contribution in [0, 0.1) is 0 Å². The number of aromatic nitrogens is 2. The van der Waals surface area contributed by atoms with Crippen LogP contribution in [0.4, 0.5) is 0 Å². The van der Waals surface area contributed by atoms with E-state index in [9.17, 15) is 4.79 Å². The zero-order valence-corrected chi connectivity index (χ0v) is 6.69. The van der Waals surface area contributed by atoms with Crippen molar-refractivity contribution in [2.45, 2.75) is 0 Å². The van der Waals surface area contributed by atoms with Crippen LogP contribution in [0.2, 0.25) is 0 Å². The molecule has 0 radical (unpaired) electrons. The monoisotopic (exact) mass is 160 g/mol. The van der Waals surface area contributed by atoms with Gasteiger partial charge >= 0.3 is 0 Å². The summed E-state index contributed by atoms with van der Waals surface area (Å²) in [5.41, 5.74) is 1.41. The molecule has 2 rings (SSSR count). The number of imidazole rings is 1. The molecule has 0 fully saturated rings. The minimum absolute atomic E-state index is 0.00926. The lowest BCUT2D eigenvalue weighted by atomic mass is 10.4. The van der Waals surface area contributed by atoms with Gasteiger partial charge in [0.1, 0.15) is 5.52 Å². The Balaban J connectivity index is 3.10. The van der Waals surface area contributed by atoms with E-state index in [1.807, 2.05) is 19.2 Å². The van der Waals surface area contributed by atoms with Crippen molar-refractivity contribution in [1.82, 2.24) is 9.55 Å². The summed E-state index contributed by atoms with van der Waals surface area (Å²) in [5, 5.41) is 0. The van der Waals surface area contributed by atoms with Gasteiger partial charge in [0.25, 0.3) is 0 Å². The first-order chi connectivity index (χ1) is 5.79. The summed E-state index contributed by atoms with van der Waals surface area (Å²) in [7, 11) is 1.82. The maximum absolute atomic E-state index is 11.4. The summed E-state index contributed by atoms with van der Waals surface area (Å²) in [5.74, 6) is 0. The minimum atomic E-state index is 0.00926. The summed E-state index contributed by atoms with van der Waals surface area (Å²) in [6.45, 7) is 0. The first-order valence-corrected chi connectivity index (χ1v) is 3.69. The Bertz CT molecular complexity index is 473. The van der Waals surface area contributed by atoms with Crippen LogP contribution in [-0.4, -0.2) is 9.55 Å². The van der Waals surface area contributed by atoms with Crippen LogP contribution in [-0.2, 0) is 7.05 Å². The van der Waals surface area contributed by atoms with Crippen LogP contribution in [0.5, 0.6) is 0 Å². The molecule has 0 N–H and O–H groups in total. The van der Waals surface area contributed by atoms with E-state index in [2.05, 4.69) is 4.98 Å². The molecule has 0 saturated carbocycles.